The molecule has 2 fully saturated rings. The van der Waals surface area contributed by atoms with Crippen LogP contribution in [-0.4, -0.2) is 52.6 Å². The molecule has 0 aliphatic carbocycles. The van der Waals surface area contributed by atoms with E-state index in [9.17, 15) is 9.18 Å². The predicted molar refractivity (Wildman–Crippen MR) is 86.7 cm³/mol. The summed E-state index contributed by atoms with van der Waals surface area (Å²) in [5.41, 5.74) is 0.351. The molecule has 0 radical (unpaired) electrons. The average molecular weight is 341 g/mol. The number of likely N-dealkylation sites (tertiary alicyclic amines) is 2. The first-order chi connectivity index (χ1) is 11.1. The highest BCUT2D eigenvalue weighted by Crippen LogP contribution is 2.39. The Morgan fingerprint density at radius 2 is 2.00 bits per heavy atom. The van der Waals surface area contributed by atoms with Crippen LogP contribution in [0, 0.1) is 5.82 Å². The van der Waals surface area contributed by atoms with Crippen LogP contribution in [0.2, 0.25) is 5.02 Å². The minimum absolute atomic E-state index is 0.00971. The number of carbonyl (C=O) groups excluding carboxylic acids is 1. The van der Waals surface area contributed by atoms with Crippen molar-refractivity contribution in [2.24, 2.45) is 0 Å². The van der Waals surface area contributed by atoms with Gasteiger partial charge in [-0.15, -0.1) is 0 Å². The second-order valence-electron chi connectivity index (χ2n) is 6.42. The van der Waals surface area contributed by atoms with Gasteiger partial charge in [-0.1, -0.05) is 17.7 Å². The van der Waals surface area contributed by atoms with Gasteiger partial charge in [-0.3, -0.25) is 9.69 Å². The van der Waals surface area contributed by atoms with Gasteiger partial charge in [-0.2, -0.15) is 0 Å². The summed E-state index contributed by atoms with van der Waals surface area (Å²) in [5, 5.41) is 9.28. The van der Waals surface area contributed by atoms with Crippen molar-refractivity contribution in [3.05, 3.63) is 34.6 Å². The van der Waals surface area contributed by atoms with E-state index in [4.69, 9.17) is 16.7 Å². The second kappa shape index (κ2) is 6.75. The van der Waals surface area contributed by atoms with Crippen LogP contribution < -0.4 is 0 Å². The third kappa shape index (κ3) is 3.10. The fourth-order valence-electron chi connectivity index (χ4n) is 3.95. The van der Waals surface area contributed by atoms with Crippen LogP contribution in [0.1, 0.15) is 31.2 Å². The second-order valence-corrected chi connectivity index (χ2v) is 6.83. The van der Waals surface area contributed by atoms with Crippen molar-refractivity contribution in [1.29, 1.82) is 0 Å². The number of nitrogens with zero attached hydrogens (tertiary/aromatic N) is 2. The summed E-state index contributed by atoms with van der Waals surface area (Å²) in [6, 6.07) is 4.83. The summed E-state index contributed by atoms with van der Waals surface area (Å²) in [6.45, 7) is 2.48. The van der Waals surface area contributed by atoms with Crippen LogP contribution >= 0.6 is 11.6 Å². The number of aliphatic hydroxyl groups is 1. The SMILES string of the molecule is O=C1N(CCO)CCCC12CCCN2Cc1ccc(Cl)c(F)c1. The van der Waals surface area contributed by atoms with Crippen molar-refractivity contribution < 1.29 is 14.3 Å². The van der Waals surface area contributed by atoms with E-state index in [2.05, 4.69) is 4.90 Å². The number of carbonyl (C=O) groups is 1. The Hall–Kier alpha value is -1.17. The van der Waals surface area contributed by atoms with Crippen LogP contribution in [-0.2, 0) is 11.3 Å². The van der Waals surface area contributed by atoms with Gasteiger partial charge in [0.05, 0.1) is 11.6 Å². The van der Waals surface area contributed by atoms with E-state index >= 15 is 0 Å². The average Bonchev–Trinajstić information content (AvgIpc) is 2.92. The molecule has 0 aromatic heterocycles. The normalized spacial score (nSPS) is 25.5. The highest BCUT2D eigenvalue weighted by Gasteiger charge is 2.50. The molecule has 0 bridgehead atoms. The third-order valence-corrected chi connectivity index (χ3v) is 5.36. The number of hydrogen-bond acceptors (Lipinski definition) is 3. The van der Waals surface area contributed by atoms with E-state index in [0.29, 0.717) is 19.6 Å². The first-order valence-corrected chi connectivity index (χ1v) is 8.54. The minimum Gasteiger partial charge on any atom is -0.395 e. The Labute approximate surface area is 140 Å². The maximum absolute atomic E-state index is 13.7. The van der Waals surface area contributed by atoms with Gasteiger partial charge >= 0.3 is 0 Å². The maximum Gasteiger partial charge on any atom is 0.243 e. The molecule has 0 saturated carbocycles. The topological polar surface area (TPSA) is 43.8 Å². The summed E-state index contributed by atoms with van der Waals surface area (Å²) in [5.74, 6) is -0.306. The summed E-state index contributed by atoms with van der Waals surface area (Å²) < 4.78 is 13.7. The molecule has 1 N–H and O–H groups in total. The molecule has 1 spiro atoms. The molecule has 1 amide bonds. The van der Waals surface area contributed by atoms with Crippen molar-refractivity contribution in [2.75, 3.05) is 26.2 Å². The largest absolute Gasteiger partial charge is 0.395 e. The van der Waals surface area contributed by atoms with E-state index < -0.39 is 11.4 Å². The van der Waals surface area contributed by atoms with Gasteiger partial charge in [0.1, 0.15) is 11.4 Å². The number of halogens is 2. The molecule has 3 rings (SSSR count). The lowest BCUT2D eigenvalue weighted by molar-refractivity contribution is -0.148. The van der Waals surface area contributed by atoms with Gasteiger partial charge in [0.2, 0.25) is 5.91 Å². The van der Waals surface area contributed by atoms with E-state index in [-0.39, 0.29) is 17.5 Å². The fourth-order valence-corrected chi connectivity index (χ4v) is 4.07. The number of aliphatic hydroxyl groups excluding tert-OH is 1. The van der Waals surface area contributed by atoms with Gasteiger partial charge in [-0.25, -0.2) is 4.39 Å². The zero-order valence-electron chi connectivity index (χ0n) is 13.1. The van der Waals surface area contributed by atoms with Crippen LogP contribution in [0.15, 0.2) is 18.2 Å². The minimum atomic E-state index is -0.483. The van der Waals surface area contributed by atoms with E-state index in [1.54, 1.807) is 11.0 Å². The molecule has 2 aliphatic rings. The van der Waals surface area contributed by atoms with Crippen LogP contribution in [0.5, 0.6) is 0 Å². The lowest BCUT2D eigenvalue weighted by atomic mass is 9.85. The zero-order chi connectivity index (χ0) is 16.4. The Bertz CT molecular complexity index is 596. The van der Waals surface area contributed by atoms with Gasteiger partial charge in [0, 0.05) is 19.6 Å². The Balaban J connectivity index is 1.81. The van der Waals surface area contributed by atoms with Crippen LogP contribution in [0.25, 0.3) is 0 Å². The van der Waals surface area contributed by atoms with Crippen LogP contribution in [0.4, 0.5) is 4.39 Å². The van der Waals surface area contributed by atoms with Gasteiger partial charge < -0.3 is 10.0 Å². The number of amides is 1. The van der Waals surface area contributed by atoms with Gasteiger partial charge in [0.25, 0.3) is 0 Å². The van der Waals surface area contributed by atoms with Gasteiger partial charge in [-0.05, 0) is 49.9 Å². The first-order valence-electron chi connectivity index (χ1n) is 8.16. The number of piperidine rings is 1. The number of hydrogen-bond donors (Lipinski definition) is 1. The summed E-state index contributed by atoms with van der Waals surface area (Å²) in [4.78, 5) is 16.9. The standard InChI is InChI=1S/C17H22ClFN2O2/c18-14-4-3-13(11-15(14)19)12-21-8-2-6-17(21)5-1-7-20(9-10-22)16(17)23/h3-4,11,22H,1-2,5-10,12H2. The molecule has 2 saturated heterocycles. The van der Waals surface area contributed by atoms with E-state index in [0.717, 1.165) is 37.8 Å². The molecule has 126 valence electrons. The Morgan fingerprint density at radius 3 is 2.70 bits per heavy atom. The van der Waals surface area contributed by atoms with Crippen LogP contribution in [0.3, 0.4) is 0 Å². The van der Waals surface area contributed by atoms with Gasteiger partial charge in [0.15, 0.2) is 0 Å². The highest BCUT2D eigenvalue weighted by atomic mass is 35.5. The number of benzene rings is 1. The molecule has 1 aromatic carbocycles. The van der Waals surface area contributed by atoms with E-state index in [1.165, 1.54) is 6.07 Å². The molecule has 23 heavy (non-hydrogen) atoms. The van der Waals surface area contributed by atoms with Crippen molar-refractivity contribution >= 4 is 17.5 Å². The molecule has 2 aliphatic heterocycles. The number of β-amino-alcohol motifs (C(OH)–C–C–N with tert-alkyl or cyclic N) is 1. The molecular formula is C17H22ClFN2O2. The number of rotatable bonds is 4. The molecule has 2 heterocycles. The third-order valence-electron chi connectivity index (χ3n) is 5.05. The lowest BCUT2D eigenvalue weighted by Gasteiger charge is -2.44. The fraction of sp³-hybridized carbons (Fsp3) is 0.588. The quantitative estimate of drug-likeness (QED) is 0.915. The molecule has 1 aromatic rings. The Morgan fingerprint density at radius 1 is 1.26 bits per heavy atom. The summed E-state index contributed by atoms with van der Waals surface area (Å²) >= 11 is 5.74. The molecule has 6 heteroatoms. The zero-order valence-corrected chi connectivity index (χ0v) is 13.9. The summed E-state index contributed by atoms with van der Waals surface area (Å²) in [6.07, 6.45) is 3.58. The summed E-state index contributed by atoms with van der Waals surface area (Å²) in [7, 11) is 0. The van der Waals surface area contributed by atoms with E-state index in [1.807, 2.05) is 6.07 Å². The predicted octanol–water partition coefficient (Wildman–Crippen LogP) is 2.43. The molecular weight excluding hydrogens is 319 g/mol. The smallest absolute Gasteiger partial charge is 0.243 e. The Kier molecular flexibility index (Phi) is 4.90. The maximum atomic E-state index is 13.7. The van der Waals surface area contributed by atoms with Crippen molar-refractivity contribution in [1.82, 2.24) is 9.80 Å². The molecule has 1 unspecified atom stereocenters. The van der Waals surface area contributed by atoms with Crippen molar-refractivity contribution in [3.63, 3.8) is 0 Å². The van der Waals surface area contributed by atoms with Crippen molar-refractivity contribution in [2.45, 2.75) is 37.8 Å². The molecule has 1 atom stereocenters. The first kappa shape index (κ1) is 16.7. The lowest BCUT2D eigenvalue weighted by Crippen LogP contribution is -2.60. The highest BCUT2D eigenvalue weighted by molar-refractivity contribution is 6.30. The van der Waals surface area contributed by atoms with Crippen molar-refractivity contribution in [3.8, 4) is 0 Å². The monoisotopic (exact) mass is 340 g/mol. The molecule has 4 nitrogen and oxygen atoms in total.